The van der Waals surface area contributed by atoms with Crippen LogP contribution in [0.15, 0.2) is 6.33 Å². The van der Waals surface area contributed by atoms with Crippen LogP contribution in [0.25, 0.3) is 0 Å². The number of likely N-dealkylation sites (tertiary alicyclic amines) is 1. The number of piperidine rings is 1. The van der Waals surface area contributed by atoms with Gasteiger partial charge in [-0.05, 0) is 25.2 Å². The Morgan fingerprint density at radius 3 is 2.80 bits per heavy atom. The second-order valence-electron chi connectivity index (χ2n) is 5.89. The van der Waals surface area contributed by atoms with Crippen LogP contribution in [0.1, 0.15) is 37.4 Å². The van der Waals surface area contributed by atoms with E-state index in [9.17, 15) is 4.79 Å². The summed E-state index contributed by atoms with van der Waals surface area (Å²) in [6.45, 7) is 3.24. The van der Waals surface area contributed by atoms with Crippen molar-refractivity contribution in [3.05, 3.63) is 12.2 Å². The first kappa shape index (κ1) is 13.5. The molecule has 0 radical (unpaired) electrons. The van der Waals surface area contributed by atoms with Crippen molar-refractivity contribution in [2.75, 3.05) is 26.3 Å². The topological polar surface area (TPSA) is 60.2 Å². The van der Waals surface area contributed by atoms with E-state index in [4.69, 9.17) is 4.74 Å². The Labute approximate surface area is 119 Å². The van der Waals surface area contributed by atoms with Crippen molar-refractivity contribution in [3.63, 3.8) is 0 Å². The molecule has 0 bridgehead atoms. The van der Waals surface area contributed by atoms with Gasteiger partial charge in [-0.3, -0.25) is 4.79 Å². The van der Waals surface area contributed by atoms with Crippen LogP contribution in [0, 0.1) is 5.92 Å². The van der Waals surface area contributed by atoms with E-state index in [1.807, 2.05) is 16.5 Å². The number of rotatable bonds is 3. The number of aryl methyl sites for hydroxylation is 1. The molecule has 0 aliphatic carbocycles. The minimum Gasteiger partial charge on any atom is -0.381 e. The molecule has 1 amide bonds. The van der Waals surface area contributed by atoms with Crippen molar-refractivity contribution in [2.45, 2.75) is 31.6 Å². The minimum absolute atomic E-state index is 0.289. The zero-order valence-electron chi connectivity index (χ0n) is 12.0. The molecule has 1 unspecified atom stereocenters. The van der Waals surface area contributed by atoms with Crippen LogP contribution < -0.4 is 0 Å². The van der Waals surface area contributed by atoms with E-state index >= 15 is 0 Å². The smallest absolute Gasteiger partial charge is 0.222 e. The van der Waals surface area contributed by atoms with E-state index in [2.05, 4.69) is 10.2 Å². The predicted molar refractivity (Wildman–Crippen MR) is 73.1 cm³/mol. The second kappa shape index (κ2) is 5.91. The van der Waals surface area contributed by atoms with Gasteiger partial charge in [-0.1, -0.05) is 0 Å². The van der Waals surface area contributed by atoms with Crippen LogP contribution in [0.3, 0.4) is 0 Å². The molecule has 2 saturated heterocycles. The molecule has 20 heavy (non-hydrogen) atoms. The van der Waals surface area contributed by atoms with E-state index in [0.29, 0.717) is 18.3 Å². The third-order valence-corrected chi connectivity index (χ3v) is 4.45. The Balaban J connectivity index is 1.50. The van der Waals surface area contributed by atoms with Crippen molar-refractivity contribution in [1.29, 1.82) is 0 Å². The standard InChI is InChI=1S/C14H22N4O2/c1-17-10-15-16-14(17)12-2-5-18(6-3-12)13(19)8-11-4-7-20-9-11/h10-12H,2-9H2,1H3. The van der Waals surface area contributed by atoms with Crippen LogP contribution in [0.5, 0.6) is 0 Å². The van der Waals surface area contributed by atoms with Crippen molar-refractivity contribution in [2.24, 2.45) is 13.0 Å². The number of aromatic nitrogens is 3. The summed E-state index contributed by atoms with van der Waals surface area (Å²) in [4.78, 5) is 14.3. The zero-order valence-corrected chi connectivity index (χ0v) is 12.0. The van der Waals surface area contributed by atoms with Gasteiger partial charge in [0.2, 0.25) is 5.91 Å². The Morgan fingerprint density at radius 1 is 1.40 bits per heavy atom. The van der Waals surface area contributed by atoms with E-state index < -0.39 is 0 Å². The molecule has 1 aromatic heterocycles. The molecule has 6 heteroatoms. The molecular weight excluding hydrogens is 256 g/mol. The van der Waals surface area contributed by atoms with E-state index in [0.717, 1.165) is 51.4 Å². The molecule has 1 aromatic rings. The summed E-state index contributed by atoms with van der Waals surface area (Å²) in [5.41, 5.74) is 0. The number of hydrogen-bond donors (Lipinski definition) is 0. The summed E-state index contributed by atoms with van der Waals surface area (Å²) in [6, 6.07) is 0. The van der Waals surface area contributed by atoms with Crippen molar-refractivity contribution < 1.29 is 9.53 Å². The Morgan fingerprint density at radius 2 is 2.20 bits per heavy atom. The van der Waals surface area contributed by atoms with Crippen LogP contribution in [-0.4, -0.2) is 51.9 Å². The number of ether oxygens (including phenoxy) is 1. The molecule has 2 fully saturated rings. The van der Waals surface area contributed by atoms with Gasteiger partial charge in [0.15, 0.2) is 0 Å². The molecule has 0 spiro atoms. The predicted octanol–water partition coefficient (Wildman–Crippen LogP) is 0.948. The number of carbonyl (C=O) groups excluding carboxylic acids is 1. The Hall–Kier alpha value is -1.43. The van der Waals surface area contributed by atoms with Gasteiger partial charge in [0.1, 0.15) is 12.2 Å². The third-order valence-electron chi connectivity index (χ3n) is 4.45. The van der Waals surface area contributed by atoms with Crippen LogP contribution in [0.2, 0.25) is 0 Å². The third kappa shape index (κ3) is 2.85. The molecule has 0 aromatic carbocycles. The first-order chi connectivity index (χ1) is 9.74. The van der Waals surface area contributed by atoms with Crippen molar-refractivity contribution >= 4 is 5.91 Å². The minimum atomic E-state index is 0.289. The Kier molecular flexibility index (Phi) is 4.00. The lowest BCUT2D eigenvalue weighted by Crippen LogP contribution is -2.39. The van der Waals surface area contributed by atoms with Gasteiger partial charge in [-0.15, -0.1) is 10.2 Å². The lowest BCUT2D eigenvalue weighted by atomic mass is 9.95. The van der Waals surface area contributed by atoms with Crippen molar-refractivity contribution in [3.8, 4) is 0 Å². The molecule has 0 N–H and O–H groups in total. The summed E-state index contributed by atoms with van der Waals surface area (Å²) >= 11 is 0. The summed E-state index contributed by atoms with van der Waals surface area (Å²) in [6.07, 6.45) is 5.39. The number of carbonyl (C=O) groups is 1. The summed E-state index contributed by atoms with van der Waals surface area (Å²) in [5, 5.41) is 8.12. The lowest BCUT2D eigenvalue weighted by Gasteiger charge is -2.32. The molecule has 0 saturated carbocycles. The number of nitrogens with zero attached hydrogens (tertiary/aromatic N) is 4. The maximum Gasteiger partial charge on any atom is 0.222 e. The van der Waals surface area contributed by atoms with Crippen LogP contribution >= 0.6 is 0 Å². The van der Waals surface area contributed by atoms with Gasteiger partial charge in [0.25, 0.3) is 0 Å². The monoisotopic (exact) mass is 278 g/mol. The fourth-order valence-corrected chi connectivity index (χ4v) is 3.17. The van der Waals surface area contributed by atoms with E-state index in [-0.39, 0.29) is 5.91 Å². The first-order valence-electron chi connectivity index (χ1n) is 7.43. The molecule has 6 nitrogen and oxygen atoms in total. The highest BCUT2D eigenvalue weighted by Crippen LogP contribution is 2.27. The van der Waals surface area contributed by atoms with Gasteiger partial charge < -0.3 is 14.2 Å². The first-order valence-corrected chi connectivity index (χ1v) is 7.43. The zero-order chi connectivity index (χ0) is 13.9. The molecule has 3 rings (SSSR count). The van der Waals surface area contributed by atoms with Gasteiger partial charge >= 0.3 is 0 Å². The van der Waals surface area contributed by atoms with Gasteiger partial charge in [-0.25, -0.2) is 0 Å². The van der Waals surface area contributed by atoms with E-state index in [1.54, 1.807) is 6.33 Å². The van der Waals surface area contributed by atoms with Crippen LogP contribution in [-0.2, 0) is 16.6 Å². The average molecular weight is 278 g/mol. The maximum atomic E-state index is 12.3. The molecule has 1 atom stereocenters. The lowest BCUT2D eigenvalue weighted by molar-refractivity contribution is -0.133. The van der Waals surface area contributed by atoms with E-state index in [1.165, 1.54) is 0 Å². The summed E-state index contributed by atoms with van der Waals surface area (Å²) < 4.78 is 7.32. The number of amides is 1. The summed E-state index contributed by atoms with van der Waals surface area (Å²) in [5.74, 6) is 2.19. The summed E-state index contributed by atoms with van der Waals surface area (Å²) in [7, 11) is 1.98. The fourth-order valence-electron chi connectivity index (χ4n) is 3.17. The largest absolute Gasteiger partial charge is 0.381 e. The SMILES string of the molecule is Cn1cnnc1C1CCN(C(=O)CC2CCOC2)CC1. The van der Waals surface area contributed by atoms with Gasteiger partial charge in [-0.2, -0.15) is 0 Å². The molecular formula is C14H22N4O2. The number of hydrogen-bond acceptors (Lipinski definition) is 4. The highest BCUT2D eigenvalue weighted by atomic mass is 16.5. The maximum absolute atomic E-state index is 12.3. The molecule has 3 heterocycles. The quantitative estimate of drug-likeness (QED) is 0.826. The fraction of sp³-hybridized carbons (Fsp3) is 0.786. The Bertz CT molecular complexity index is 459. The normalized spacial score (nSPS) is 24.2. The highest BCUT2D eigenvalue weighted by molar-refractivity contribution is 5.76. The molecule has 2 aliphatic rings. The molecule has 110 valence electrons. The van der Waals surface area contributed by atoms with Gasteiger partial charge in [0.05, 0.1) is 0 Å². The van der Waals surface area contributed by atoms with Gasteiger partial charge in [0, 0.05) is 45.7 Å². The average Bonchev–Trinajstić information content (AvgIpc) is 3.10. The second-order valence-corrected chi connectivity index (χ2v) is 5.89. The molecule has 2 aliphatic heterocycles. The van der Waals surface area contributed by atoms with Crippen LogP contribution in [0.4, 0.5) is 0 Å². The highest BCUT2D eigenvalue weighted by Gasteiger charge is 2.28. The van der Waals surface area contributed by atoms with Crippen molar-refractivity contribution in [1.82, 2.24) is 19.7 Å².